The number of nitro benzene ring substituents is 1. The molecule has 0 unspecified atom stereocenters. The highest BCUT2D eigenvalue weighted by atomic mass is 16.6. The number of hydrogen-bond acceptors (Lipinski definition) is 7. The summed E-state index contributed by atoms with van der Waals surface area (Å²) >= 11 is 0. The predicted molar refractivity (Wildman–Crippen MR) is 96.1 cm³/mol. The second-order valence-electron chi connectivity index (χ2n) is 5.48. The number of nitrogens with zero attached hydrogens (tertiary/aromatic N) is 2. The molecule has 1 heterocycles. The first-order valence-electron chi connectivity index (χ1n) is 8.02. The van der Waals surface area contributed by atoms with Gasteiger partial charge in [0.2, 0.25) is 5.90 Å². The first-order chi connectivity index (χ1) is 13.0. The van der Waals surface area contributed by atoms with E-state index in [-0.39, 0.29) is 23.9 Å². The van der Waals surface area contributed by atoms with E-state index in [1.54, 1.807) is 31.2 Å². The van der Waals surface area contributed by atoms with Gasteiger partial charge in [0.05, 0.1) is 17.1 Å². The van der Waals surface area contributed by atoms with E-state index < -0.39 is 16.9 Å². The summed E-state index contributed by atoms with van der Waals surface area (Å²) in [6.07, 6.45) is 1.52. The fourth-order valence-electron chi connectivity index (χ4n) is 2.35. The van der Waals surface area contributed by atoms with Crippen molar-refractivity contribution in [1.29, 1.82) is 0 Å². The molecule has 0 N–H and O–H groups in total. The summed E-state index contributed by atoms with van der Waals surface area (Å²) in [6.45, 7) is 2.01. The SMILES string of the molecule is CCOC(=O)c1ccc(/C=C2\N=C(c3ccc([N+](=O)[O-])cc3)OC2=O)cc1. The van der Waals surface area contributed by atoms with Gasteiger partial charge in [0.25, 0.3) is 5.69 Å². The van der Waals surface area contributed by atoms with Gasteiger partial charge in [-0.15, -0.1) is 0 Å². The Bertz CT molecular complexity index is 959. The molecule has 0 bridgehead atoms. The summed E-state index contributed by atoms with van der Waals surface area (Å²) in [4.78, 5) is 38.0. The van der Waals surface area contributed by atoms with Gasteiger partial charge in [0.1, 0.15) is 0 Å². The molecule has 0 radical (unpaired) electrons. The molecule has 8 nitrogen and oxygen atoms in total. The number of esters is 2. The third kappa shape index (κ3) is 4.06. The van der Waals surface area contributed by atoms with Gasteiger partial charge in [-0.2, -0.15) is 0 Å². The number of rotatable bonds is 5. The monoisotopic (exact) mass is 366 g/mol. The van der Waals surface area contributed by atoms with Gasteiger partial charge in [-0.05, 0) is 42.8 Å². The van der Waals surface area contributed by atoms with Crippen molar-refractivity contribution >= 4 is 29.6 Å². The van der Waals surface area contributed by atoms with E-state index in [4.69, 9.17) is 9.47 Å². The van der Waals surface area contributed by atoms with Gasteiger partial charge in [-0.3, -0.25) is 10.1 Å². The van der Waals surface area contributed by atoms with Gasteiger partial charge in [0.15, 0.2) is 5.70 Å². The lowest BCUT2D eigenvalue weighted by Crippen LogP contribution is -2.05. The minimum absolute atomic E-state index is 0.0684. The Morgan fingerprint density at radius 2 is 1.85 bits per heavy atom. The molecule has 0 spiro atoms. The Morgan fingerprint density at radius 3 is 2.44 bits per heavy atom. The zero-order valence-electron chi connectivity index (χ0n) is 14.2. The molecule has 1 aliphatic heterocycles. The highest BCUT2D eigenvalue weighted by Crippen LogP contribution is 2.21. The van der Waals surface area contributed by atoms with Crippen LogP contribution in [0.2, 0.25) is 0 Å². The number of non-ortho nitro benzene ring substituents is 1. The van der Waals surface area contributed by atoms with Gasteiger partial charge < -0.3 is 9.47 Å². The normalized spacial score (nSPS) is 14.6. The molecule has 0 atom stereocenters. The molecule has 27 heavy (non-hydrogen) atoms. The van der Waals surface area contributed by atoms with E-state index in [2.05, 4.69) is 4.99 Å². The molecule has 0 fully saturated rings. The summed E-state index contributed by atoms with van der Waals surface area (Å²) in [5.41, 5.74) is 1.54. The minimum atomic E-state index is -0.627. The number of nitro groups is 1. The van der Waals surface area contributed by atoms with Crippen LogP contribution in [-0.4, -0.2) is 29.4 Å². The largest absolute Gasteiger partial charge is 0.462 e. The molecule has 136 valence electrons. The van der Waals surface area contributed by atoms with Crippen LogP contribution in [0.5, 0.6) is 0 Å². The Balaban J connectivity index is 1.81. The highest BCUT2D eigenvalue weighted by molar-refractivity contribution is 6.12. The van der Waals surface area contributed by atoms with Crippen LogP contribution in [0.4, 0.5) is 5.69 Å². The standard InChI is InChI=1S/C19H14N2O6/c1-2-26-18(22)14-5-3-12(4-6-14)11-16-19(23)27-17(20-16)13-7-9-15(10-8-13)21(24)25/h3-11H,2H2,1H3/b16-11-. The van der Waals surface area contributed by atoms with E-state index in [1.165, 1.54) is 30.3 Å². The average molecular weight is 366 g/mol. The molecule has 0 saturated carbocycles. The molecule has 0 amide bonds. The summed E-state index contributed by atoms with van der Waals surface area (Å²) in [7, 11) is 0. The van der Waals surface area contributed by atoms with Gasteiger partial charge in [0, 0.05) is 17.7 Å². The Kier molecular flexibility index (Phi) is 5.07. The molecule has 1 aliphatic rings. The van der Waals surface area contributed by atoms with Crippen LogP contribution in [0, 0.1) is 10.1 Å². The lowest BCUT2D eigenvalue weighted by molar-refractivity contribution is -0.384. The third-order valence-corrected chi connectivity index (χ3v) is 3.67. The highest BCUT2D eigenvalue weighted by Gasteiger charge is 2.24. The van der Waals surface area contributed by atoms with Gasteiger partial charge in [-0.25, -0.2) is 14.6 Å². The van der Waals surface area contributed by atoms with Crippen LogP contribution in [0.25, 0.3) is 6.08 Å². The maximum absolute atomic E-state index is 12.0. The molecule has 8 heteroatoms. The minimum Gasteiger partial charge on any atom is -0.462 e. The number of benzene rings is 2. The van der Waals surface area contributed by atoms with Gasteiger partial charge in [-0.1, -0.05) is 12.1 Å². The van der Waals surface area contributed by atoms with Crippen LogP contribution in [0.3, 0.4) is 0 Å². The number of aliphatic imine (C=N–C) groups is 1. The summed E-state index contributed by atoms with van der Waals surface area (Å²) in [5, 5.41) is 10.7. The molecule has 3 rings (SSSR count). The lowest BCUT2D eigenvalue weighted by Gasteiger charge is -2.01. The van der Waals surface area contributed by atoms with Crippen LogP contribution in [0.1, 0.15) is 28.4 Å². The molecular formula is C19H14N2O6. The average Bonchev–Trinajstić information content (AvgIpc) is 3.03. The predicted octanol–water partition coefficient (Wildman–Crippen LogP) is 3.12. The third-order valence-electron chi connectivity index (χ3n) is 3.67. The van der Waals surface area contributed by atoms with Crippen LogP contribution in [0.15, 0.2) is 59.2 Å². The molecule has 0 aliphatic carbocycles. The number of cyclic esters (lactones) is 1. The van der Waals surface area contributed by atoms with Crippen molar-refractivity contribution in [3.8, 4) is 0 Å². The van der Waals surface area contributed by atoms with Crippen molar-refractivity contribution in [2.24, 2.45) is 4.99 Å². The molecular weight excluding hydrogens is 352 g/mol. The van der Waals surface area contributed by atoms with Crippen molar-refractivity contribution < 1.29 is 24.0 Å². The van der Waals surface area contributed by atoms with Crippen molar-refractivity contribution in [3.05, 3.63) is 81.0 Å². The van der Waals surface area contributed by atoms with Crippen molar-refractivity contribution in [2.75, 3.05) is 6.61 Å². The molecule has 2 aromatic carbocycles. The van der Waals surface area contributed by atoms with E-state index in [9.17, 15) is 19.7 Å². The topological polar surface area (TPSA) is 108 Å². The summed E-state index contributed by atoms with van der Waals surface area (Å²) < 4.78 is 10.0. The fraction of sp³-hybridized carbons (Fsp3) is 0.105. The quantitative estimate of drug-likeness (QED) is 0.348. The summed E-state index contributed by atoms with van der Waals surface area (Å²) in [5.74, 6) is -0.974. The first kappa shape index (κ1) is 18.0. The zero-order valence-corrected chi connectivity index (χ0v) is 14.2. The Labute approximate surface area is 153 Å². The second kappa shape index (κ2) is 7.61. The molecule has 0 aromatic heterocycles. The van der Waals surface area contributed by atoms with Crippen molar-refractivity contribution in [3.63, 3.8) is 0 Å². The number of carbonyl (C=O) groups excluding carboxylic acids is 2. The van der Waals surface area contributed by atoms with Crippen LogP contribution < -0.4 is 0 Å². The van der Waals surface area contributed by atoms with Crippen LogP contribution in [-0.2, 0) is 14.3 Å². The Morgan fingerprint density at radius 1 is 1.19 bits per heavy atom. The van der Waals surface area contributed by atoms with Gasteiger partial charge >= 0.3 is 11.9 Å². The van der Waals surface area contributed by atoms with E-state index in [0.29, 0.717) is 16.7 Å². The van der Waals surface area contributed by atoms with Crippen LogP contribution >= 0.6 is 0 Å². The lowest BCUT2D eigenvalue weighted by atomic mass is 10.1. The number of carbonyl (C=O) groups is 2. The van der Waals surface area contributed by atoms with Crippen molar-refractivity contribution in [2.45, 2.75) is 6.92 Å². The van der Waals surface area contributed by atoms with Crippen molar-refractivity contribution in [1.82, 2.24) is 0 Å². The molecule has 0 saturated heterocycles. The number of hydrogen-bond donors (Lipinski definition) is 0. The van der Waals surface area contributed by atoms with E-state index in [1.807, 2.05) is 0 Å². The maximum Gasteiger partial charge on any atom is 0.363 e. The number of ether oxygens (including phenoxy) is 2. The van der Waals surface area contributed by atoms with E-state index >= 15 is 0 Å². The summed E-state index contributed by atoms with van der Waals surface area (Å²) in [6, 6.07) is 12.0. The Hall–Kier alpha value is -3.81. The zero-order chi connectivity index (χ0) is 19.4. The fourth-order valence-corrected chi connectivity index (χ4v) is 2.35. The van der Waals surface area contributed by atoms with E-state index in [0.717, 1.165) is 0 Å². The molecule has 2 aromatic rings. The second-order valence-corrected chi connectivity index (χ2v) is 5.48. The first-order valence-corrected chi connectivity index (χ1v) is 8.02. The smallest absolute Gasteiger partial charge is 0.363 e. The maximum atomic E-state index is 12.0.